The molecule has 1 unspecified atom stereocenters. The lowest BCUT2D eigenvalue weighted by atomic mass is 9.89. The minimum absolute atomic E-state index is 0.104. The van der Waals surface area contributed by atoms with Gasteiger partial charge in [-0.15, -0.1) is 5.10 Å². The second-order valence-electron chi connectivity index (χ2n) is 6.38. The molecule has 2 aromatic rings. The van der Waals surface area contributed by atoms with Crippen molar-refractivity contribution >= 4 is 11.5 Å². The molecule has 0 aliphatic heterocycles. The highest BCUT2D eigenvalue weighted by molar-refractivity contribution is 7.05. The fourth-order valence-corrected chi connectivity index (χ4v) is 2.96. The highest BCUT2D eigenvalue weighted by atomic mass is 32.1. The van der Waals surface area contributed by atoms with Gasteiger partial charge in [0, 0.05) is 5.41 Å². The van der Waals surface area contributed by atoms with Crippen molar-refractivity contribution in [2.45, 2.75) is 52.2 Å². The molecule has 0 spiro atoms. The molecule has 0 fully saturated rings. The van der Waals surface area contributed by atoms with Crippen molar-refractivity contribution in [1.29, 1.82) is 0 Å². The second kappa shape index (κ2) is 6.12. The number of nitrogens with zero attached hydrogens (tertiary/aromatic N) is 2. The van der Waals surface area contributed by atoms with Gasteiger partial charge in [-0.25, -0.2) is 0 Å². The van der Waals surface area contributed by atoms with Gasteiger partial charge in [0.1, 0.15) is 11.9 Å². The van der Waals surface area contributed by atoms with Crippen molar-refractivity contribution < 1.29 is 9.84 Å². The van der Waals surface area contributed by atoms with E-state index in [0.29, 0.717) is 0 Å². The van der Waals surface area contributed by atoms with Crippen LogP contribution in [-0.4, -0.2) is 20.8 Å². The van der Waals surface area contributed by atoms with Gasteiger partial charge in [-0.2, -0.15) is 0 Å². The Labute approximate surface area is 130 Å². The molecule has 2 rings (SSSR count). The van der Waals surface area contributed by atoms with E-state index in [1.54, 1.807) is 0 Å². The lowest BCUT2D eigenvalue weighted by Crippen LogP contribution is -2.16. The average Bonchev–Trinajstić information content (AvgIpc) is 2.86. The fourth-order valence-electron chi connectivity index (χ4n) is 2.08. The van der Waals surface area contributed by atoms with Crippen LogP contribution in [-0.2, 0) is 5.41 Å². The summed E-state index contributed by atoms with van der Waals surface area (Å²) < 4.78 is 9.69. The zero-order chi connectivity index (χ0) is 15.6. The van der Waals surface area contributed by atoms with Crippen LogP contribution < -0.4 is 4.74 Å². The van der Waals surface area contributed by atoms with Gasteiger partial charge >= 0.3 is 0 Å². The molecule has 1 aromatic carbocycles. The number of hydrogen-bond donors (Lipinski definition) is 1. The van der Waals surface area contributed by atoms with Crippen molar-refractivity contribution in [2.75, 3.05) is 0 Å². The summed E-state index contributed by atoms with van der Waals surface area (Å²) in [4.78, 5) is 0.796. The highest BCUT2D eigenvalue weighted by Gasteiger charge is 2.27. The molecule has 114 valence electrons. The molecule has 21 heavy (non-hydrogen) atoms. The SMILES string of the molecule is CC(C)Oc1cccc(C(O)c2snnc2C(C)(C)C)c1. The lowest BCUT2D eigenvalue weighted by molar-refractivity contribution is 0.217. The van der Waals surface area contributed by atoms with Gasteiger partial charge in [0.15, 0.2) is 0 Å². The van der Waals surface area contributed by atoms with Crippen molar-refractivity contribution in [3.8, 4) is 5.75 Å². The molecule has 0 bridgehead atoms. The molecule has 0 saturated carbocycles. The van der Waals surface area contributed by atoms with Gasteiger partial charge in [0.05, 0.1) is 16.7 Å². The molecule has 0 radical (unpaired) electrons. The maximum absolute atomic E-state index is 10.7. The minimum Gasteiger partial charge on any atom is -0.491 e. The van der Waals surface area contributed by atoms with E-state index in [-0.39, 0.29) is 11.5 Å². The molecule has 0 aliphatic carbocycles. The van der Waals surface area contributed by atoms with Crippen LogP contribution in [0.4, 0.5) is 0 Å². The van der Waals surface area contributed by atoms with Crippen LogP contribution in [0.15, 0.2) is 24.3 Å². The van der Waals surface area contributed by atoms with Gasteiger partial charge in [0.25, 0.3) is 0 Å². The molecule has 1 heterocycles. The highest BCUT2D eigenvalue weighted by Crippen LogP contribution is 2.34. The Balaban J connectivity index is 2.32. The number of ether oxygens (including phenoxy) is 1. The quantitative estimate of drug-likeness (QED) is 0.935. The van der Waals surface area contributed by atoms with Crippen LogP contribution in [0.2, 0.25) is 0 Å². The molecule has 4 nitrogen and oxygen atoms in total. The second-order valence-corrected chi connectivity index (χ2v) is 7.16. The Bertz CT molecular complexity index is 602. The monoisotopic (exact) mass is 306 g/mol. The first kappa shape index (κ1) is 15.9. The van der Waals surface area contributed by atoms with E-state index in [2.05, 4.69) is 30.4 Å². The summed E-state index contributed by atoms with van der Waals surface area (Å²) in [5.74, 6) is 0.760. The fraction of sp³-hybridized carbons (Fsp3) is 0.500. The number of rotatable bonds is 4. The maximum Gasteiger partial charge on any atom is 0.120 e. The maximum atomic E-state index is 10.7. The zero-order valence-corrected chi connectivity index (χ0v) is 13.9. The normalized spacial score (nSPS) is 13.5. The van der Waals surface area contributed by atoms with Crippen LogP contribution in [0.3, 0.4) is 0 Å². The Morgan fingerprint density at radius 1 is 1.24 bits per heavy atom. The van der Waals surface area contributed by atoms with Crippen molar-refractivity contribution in [2.24, 2.45) is 0 Å². The van der Waals surface area contributed by atoms with E-state index in [1.165, 1.54) is 11.5 Å². The molecule has 1 aromatic heterocycles. The van der Waals surface area contributed by atoms with Crippen molar-refractivity contribution in [3.63, 3.8) is 0 Å². The van der Waals surface area contributed by atoms with Gasteiger partial charge < -0.3 is 9.84 Å². The van der Waals surface area contributed by atoms with Gasteiger partial charge in [-0.05, 0) is 43.1 Å². The van der Waals surface area contributed by atoms with Crippen molar-refractivity contribution in [3.05, 3.63) is 40.4 Å². The lowest BCUT2D eigenvalue weighted by Gasteiger charge is -2.19. The summed E-state index contributed by atoms with van der Waals surface area (Å²) in [5.41, 5.74) is 1.50. The summed E-state index contributed by atoms with van der Waals surface area (Å²) in [6.07, 6.45) is -0.623. The Kier molecular flexibility index (Phi) is 4.64. The molecule has 0 aliphatic rings. The third-order valence-corrected chi connectivity index (χ3v) is 3.79. The molecule has 1 atom stereocenters. The summed E-state index contributed by atoms with van der Waals surface area (Å²) >= 11 is 1.25. The topological polar surface area (TPSA) is 55.2 Å². The van der Waals surface area contributed by atoms with Crippen LogP contribution in [0.5, 0.6) is 5.75 Å². The summed E-state index contributed by atoms with van der Waals surface area (Å²) in [6, 6.07) is 7.55. The van der Waals surface area contributed by atoms with Crippen molar-refractivity contribution in [1.82, 2.24) is 9.59 Å². The number of aliphatic hydroxyl groups is 1. The smallest absolute Gasteiger partial charge is 0.120 e. The van der Waals surface area contributed by atoms with Crippen LogP contribution in [0.1, 0.15) is 56.9 Å². The van der Waals surface area contributed by atoms with Gasteiger partial charge in [-0.3, -0.25) is 0 Å². The number of aromatic nitrogens is 2. The standard InChI is InChI=1S/C16H22N2O2S/c1-10(2)20-12-8-6-7-11(9-12)13(19)14-15(16(3,4)5)17-18-21-14/h6-10,13,19H,1-5H3. The average molecular weight is 306 g/mol. The van der Waals surface area contributed by atoms with Gasteiger partial charge in [0.2, 0.25) is 0 Å². The minimum atomic E-state index is -0.727. The third-order valence-electron chi connectivity index (χ3n) is 3.02. The number of aliphatic hydroxyl groups excluding tert-OH is 1. The predicted octanol–water partition coefficient (Wildman–Crippen LogP) is 3.70. The molecule has 5 heteroatoms. The predicted molar refractivity (Wildman–Crippen MR) is 84.9 cm³/mol. The van der Waals surface area contributed by atoms with E-state index in [0.717, 1.165) is 21.9 Å². The Morgan fingerprint density at radius 2 is 1.95 bits per heavy atom. The molecule has 0 saturated heterocycles. The van der Waals surface area contributed by atoms with E-state index in [4.69, 9.17) is 4.74 Å². The van der Waals surface area contributed by atoms with Crippen LogP contribution in [0.25, 0.3) is 0 Å². The Morgan fingerprint density at radius 3 is 2.57 bits per heavy atom. The summed E-state index contributed by atoms with van der Waals surface area (Å²) in [7, 11) is 0. The molecule has 0 amide bonds. The first-order valence-corrected chi connectivity index (χ1v) is 7.84. The molecular weight excluding hydrogens is 284 g/mol. The van der Waals surface area contributed by atoms with E-state index < -0.39 is 6.10 Å². The summed E-state index contributed by atoms with van der Waals surface area (Å²) in [5, 5.41) is 14.8. The number of hydrogen-bond acceptors (Lipinski definition) is 5. The number of benzene rings is 1. The third kappa shape index (κ3) is 3.80. The molecular formula is C16H22N2O2S. The van der Waals surface area contributed by atoms with Gasteiger partial charge in [-0.1, -0.05) is 37.4 Å². The summed E-state index contributed by atoms with van der Waals surface area (Å²) in [6.45, 7) is 10.2. The Hall–Kier alpha value is -1.46. The molecule has 1 N–H and O–H groups in total. The van der Waals surface area contributed by atoms with E-state index >= 15 is 0 Å². The first-order chi connectivity index (χ1) is 9.79. The van der Waals surface area contributed by atoms with Crippen LogP contribution >= 0.6 is 11.5 Å². The van der Waals surface area contributed by atoms with Crippen LogP contribution in [0, 0.1) is 0 Å². The van der Waals surface area contributed by atoms with E-state index in [9.17, 15) is 5.11 Å². The largest absolute Gasteiger partial charge is 0.491 e. The van der Waals surface area contributed by atoms with E-state index in [1.807, 2.05) is 38.1 Å². The first-order valence-electron chi connectivity index (χ1n) is 7.06. The zero-order valence-electron chi connectivity index (χ0n) is 13.1.